The third kappa shape index (κ3) is 3.72. The number of nitrogens with one attached hydrogen (secondary N) is 2. The Bertz CT molecular complexity index is 287. The summed E-state index contributed by atoms with van der Waals surface area (Å²) < 4.78 is 24.8. The molecule has 2 N–H and O–H groups in total. The second kappa shape index (κ2) is 4.56. The van der Waals surface area contributed by atoms with Crippen LogP contribution in [-0.4, -0.2) is 33.3 Å². The molecule has 13 heavy (non-hydrogen) atoms. The zero-order valence-corrected chi connectivity index (χ0v) is 8.10. The Morgan fingerprint density at radius 3 is 2.92 bits per heavy atom. The molecule has 74 valence electrons. The van der Waals surface area contributed by atoms with Crippen LogP contribution in [0.1, 0.15) is 12.8 Å². The van der Waals surface area contributed by atoms with Crippen molar-refractivity contribution in [3.05, 3.63) is 0 Å². The van der Waals surface area contributed by atoms with Gasteiger partial charge in [0.25, 0.3) is 0 Å². The van der Waals surface area contributed by atoms with E-state index in [1.54, 1.807) is 6.07 Å². The first-order valence-electron chi connectivity index (χ1n) is 4.22. The first kappa shape index (κ1) is 10.4. The maximum Gasteiger partial charge on any atom is 0.225 e. The minimum absolute atomic E-state index is 0.0490. The molecule has 0 spiro atoms. The summed E-state index contributed by atoms with van der Waals surface area (Å²) in [4.78, 5) is 0. The number of sulfonamides is 1. The molecule has 1 heterocycles. The van der Waals surface area contributed by atoms with Crippen molar-refractivity contribution in [1.82, 2.24) is 10.0 Å². The van der Waals surface area contributed by atoms with Crippen LogP contribution in [-0.2, 0) is 10.0 Å². The third-order valence-electron chi connectivity index (χ3n) is 1.90. The fourth-order valence-electron chi connectivity index (χ4n) is 1.33. The first-order valence-corrected chi connectivity index (χ1v) is 5.87. The second-order valence-corrected chi connectivity index (χ2v) is 4.83. The van der Waals surface area contributed by atoms with E-state index in [1.165, 1.54) is 0 Å². The van der Waals surface area contributed by atoms with E-state index in [2.05, 4.69) is 10.0 Å². The zero-order chi connectivity index (χ0) is 9.73. The molecule has 1 saturated heterocycles. The number of nitrogens with zero attached hydrogens (tertiary/aromatic N) is 1. The van der Waals surface area contributed by atoms with Crippen molar-refractivity contribution in [2.45, 2.75) is 18.9 Å². The number of rotatable bonds is 3. The molecule has 0 amide bonds. The lowest BCUT2D eigenvalue weighted by Gasteiger charge is -2.22. The van der Waals surface area contributed by atoms with Gasteiger partial charge in [-0.2, -0.15) is 5.26 Å². The highest BCUT2D eigenvalue weighted by Crippen LogP contribution is 2.02. The van der Waals surface area contributed by atoms with E-state index in [4.69, 9.17) is 5.26 Å². The van der Waals surface area contributed by atoms with Crippen LogP contribution < -0.4 is 10.0 Å². The summed E-state index contributed by atoms with van der Waals surface area (Å²) in [6.45, 7) is 1.60. The molecule has 0 aromatic heterocycles. The fourth-order valence-corrected chi connectivity index (χ4v) is 2.30. The largest absolute Gasteiger partial charge is 0.315 e. The monoisotopic (exact) mass is 203 g/mol. The predicted molar refractivity (Wildman–Crippen MR) is 48.4 cm³/mol. The van der Waals surface area contributed by atoms with Gasteiger partial charge in [-0.05, 0) is 19.4 Å². The van der Waals surface area contributed by atoms with Crippen molar-refractivity contribution >= 4 is 10.0 Å². The molecule has 0 aliphatic carbocycles. The Labute approximate surface area is 78.2 Å². The van der Waals surface area contributed by atoms with Crippen molar-refractivity contribution in [2.24, 2.45) is 0 Å². The molecule has 0 radical (unpaired) electrons. The first-order chi connectivity index (χ1) is 6.14. The Morgan fingerprint density at radius 1 is 1.62 bits per heavy atom. The molecule has 0 aromatic carbocycles. The minimum Gasteiger partial charge on any atom is -0.315 e. The molecule has 1 rings (SSSR count). The summed E-state index contributed by atoms with van der Waals surface area (Å²) in [6.07, 6.45) is 1.82. The van der Waals surface area contributed by atoms with E-state index in [1.807, 2.05) is 0 Å². The van der Waals surface area contributed by atoms with Crippen molar-refractivity contribution < 1.29 is 8.42 Å². The average molecular weight is 203 g/mol. The Morgan fingerprint density at radius 2 is 2.38 bits per heavy atom. The fraction of sp³-hybridized carbons (Fsp3) is 0.857. The lowest BCUT2D eigenvalue weighted by molar-refractivity contribution is 0.429. The van der Waals surface area contributed by atoms with Gasteiger partial charge in [0.1, 0.15) is 0 Å². The number of piperidine rings is 1. The van der Waals surface area contributed by atoms with Crippen LogP contribution in [0.2, 0.25) is 0 Å². The van der Waals surface area contributed by atoms with E-state index in [-0.39, 0.29) is 6.04 Å². The summed E-state index contributed by atoms with van der Waals surface area (Å²) in [6, 6.07) is 1.58. The van der Waals surface area contributed by atoms with Crippen LogP contribution >= 0.6 is 0 Å². The summed E-state index contributed by atoms with van der Waals surface area (Å²) >= 11 is 0. The number of hydrogen-bond donors (Lipinski definition) is 2. The number of nitriles is 1. The van der Waals surface area contributed by atoms with Crippen LogP contribution in [0.15, 0.2) is 0 Å². The van der Waals surface area contributed by atoms with Gasteiger partial charge in [0, 0.05) is 12.6 Å². The van der Waals surface area contributed by atoms with Gasteiger partial charge in [0.05, 0.1) is 6.07 Å². The highest BCUT2D eigenvalue weighted by molar-refractivity contribution is 7.89. The molecule has 1 fully saturated rings. The molecule has 0 saturated carbocycles. The Kier molecular flexibility index (Phi) is 3.66. The summed E-state index contributed by atoms with van der Waals surface area (Å²) in [5, 5.41) is 11.3. The van der Waals surface area contributed by atoms with Crippen LogP contribution in [0.5, 0.6) is 0 Å². The van der Waals surface area contributed by atoms with Gasteiger partial charge >= 0.3 is 0 Å². The smallest absolute Gasteiger partial charge is 0.225 e. The summed E-state index contributed by atoms with van der Waals surface area (Å²) in [5.74, 6) is -0.455. The molecule has 6 heteroatoms. The van der Waals surface area contributed by atoms with Crippen LogP contribution in [0.4, 0.5) is 0 Å². The second-order valence-electron chi connectivity index (χ2n) is 3.08. The van der Waals surface area contributed by atoms with Crippen molar-refractivity contribution in [3.8, 4) is 6.07 Å². The third-order valence-corrected chi connectivity index (χ3v) is 3.10. The van der Waals surface area contributed by atoms with Crippen molar-refractivity contribution in [2.75, 3.05) is 18.8 Å². The maximum absolute atomic E-state index is 11.1. The van der Waals surface area contributed by atoms with Gasteiger partial charge in [0.15, 0.2) is 5.75 Å². The van der Waals surface area contributed by atoms with E-state index in [9.17, 15) is 8.42 Å². The van der Waals surface area contributed by atoms with Gasteiger partial charge in [0.2, 0.25) is 10.0 Å². The highest BCUT2D eigenvalue weighted by Gasteiger charge is 2.19. The molecule has 1 aliphatic rings. The molecule has 5 nitrogen and oxygen atoms in total. The topological polar surface area (TPSA) is 82.0 Å². The zero-order valence-electron chi connectivity index (χ0n) is 7.28. The molecule has 0 aromatic rings. The predicted octanol–water partition coefficient (Wildman–Crippen LogP) is -0.819. The molecular weight excluding hydrogens is 190 g/mol. The SMILES string of the molecule is N#CCS(=O)(=O)N[C@H]1CCCNC1. The summed E-state index contributed by atoms with van der Waals surface area (Å²) in [5.41, 5.74) is 0. The van der Waals surface area contributed by atoms with Crippen molar-refractivity contribution in [3.63, 3.8) is 0 Å². The van der Waals surface area contributed by atoms with Gasteiger partial charge < -0.3 is 5.32 Å². The van der Waals surface area contributed by atoms with Crippen LogP contribution in [0, 0.1) is 11.3 Å². The number of hydrogen-bond acceptors (Lipinski definition) is 4. The van der Waals surface area contributed by atoms with Gasteiger partial charge in [-0.25, -0.2) is 13.1 Å². The van der Waals surface area contributed by atoms with Gasteiger partial charge in [-0.15, -0.1) is 0 Å². The molecule has 0 bridgehead atoms. The van der Waals surface area contributed by atoms with E-state index >= 15 is 0 Å². The Balaban J connectivity index is 2.43. The normalized spacial score (nSPS) is 23.8. The van der Waals surface area contributed by atoms with E-state index in [0.29, 0.717) is 6.54 Å². The molecular formula is C7H13N3O2S. The minimum atomic E-state index is -3.38. The maximum atomic E-state index is 11.1. The molecule has 0 unspecified atom stereocenters. The Hall–Kier alpha value is -0.640. The van der Waals surface area contributed by atoms with Crippen molar-refractivity contribution in [1.29, 1.82) is 5.26 Å². The quantitative estimate of drug-likeness (QED) is 0.628. The van der Waals surface area contributed by atoms with Gasteiger partial charge in [-0.3, -0.25) is 0 Å². The lowest BCUT2D eigenvalue weighted by Crippen LogP contribution is -2.46. The standard InChI is InChI=1S/C7H13N3O2S/c8-3-5-13(11,12)10-7-2-1-4-9-6-7/h7,9-10H,1-2,4-6H2/t7-/m0/s1. The average Bonchev–Trinajstić information content (AvgIpc) is 2.04. The van der Waals surface area contributed by atoms with Gasteiger partial charge in [-0.1, -0.05) is 0 Å². The van der Waals surface area contributed by atoms with E-state index in [0.717, 1.165) is 19.4 Å². The molecule has 1 aliphatic heterocycles. The van der Waals surface area contributed by atoms with Crippen LogP contribution in [0.25, 0.3) is 0 Å². The highest BCUT2D eigenvalue weighted by atomic mass is 32.2. The summed E-state index contributed by atoms with van der Waals surface area (Å²) in [7, 11) is -3.38. The molecule has 1 atom stereocenters. The van der Waals surface area contributed by atoms with E-state index < -0.39 is 15.8 Å². The van der Waals surface area contributed by atoms with Crippen LogP contribution in [0.3, 0.4) is 0 Å². The lowest BCUT2D eigenvalue weighted by atomic mass is 10.1.